The lowest BCUT2D eigenvalue weighted by Crippen LogP contribution is -2.00. The molecule has 3 rings (SSSR count). The summed E-state index contributed by atoms with van der Waals surface area (Å²) in [6.07, 6.45) is 0. The molecule has 0 bridgehead atoms. The van der Waals surface area contributed by atoms with Crippen LogP contribution in [0.15, 0.2) is 57.7 Å². The highest BCUT2D eigenvalue weighted by molar-refractivity contribution is 7.46. The van der Waals surface area contributed by atoms with Gasteiger partial charge in [0.2, 0.25) is 0 Å². The van der Waals surface area contributed by atoms with E-state index >= 15 is 0 Å². The lowest BCUT2D eigenvalue weighted by Gasteiger charge is -2.07. The van der Waals surface area contributed by atoms with Crippen LogP contribution < -0.4 is 5.43 Å². The minimum absolute atomic E-state index is 0.158. The van der Waals surface area contributed by atoms with Gasteiger partial charge in [0.1, 0.15) is 17.2 Å². The zero-order valence-electron chi connectivity index (χ0n) is 12.2. The molecule has 0 saturated heterocycles. The second-order valence-electron chi connectivity index (χ2n) is 5.08. The van der Waals surface area contributed by atoms with Gasteiger partial charge in [-0.05, 0) is 23.8 Å². The second kappa shape index (κ2) is 6.30. The predicted molar refractivity (Wildman–Crippen MR) is 84.7 cm³/mol. The van der Waals surface area contributed by atoms with Gasteiger partial charge in [0.15, 0.2) is 5.43 Å². The molecule has 0 fully saturated rings. The average molecular weight is 350 g/mol. The SMILES string of the molecule is O=c1cc(-c2ccc(COP(=O)(O)O)cc2)oc2ccc(F)cc12. The first-order valence-corrected chi connectivity index (χ1v) is 8.38. The van der Waals surface area contributed by atoms with Crippen molar-refractivity contribution in [2.75, 3.05) is 0 Å². The largest absolute Gasteiger partial charge is 0.469 e. The van der Waals surface area contributed by atoms with Crippen molar-refractivity contribution in [1.29, 1.82) is 0 Å². The quantitative estimate of drug-likeness (QED) is 0.702. The maximum absolute atomic E-state index is 13.2. The molecule has 1 heterocycles. The fraction of sp³-hybridized carbons (Fsp3) is 0.0625. The van der Waals surface area contributed by atoms with E-state index in [-0.39, 0.29) is 23.0 Å². The van der Waals surface area contributed by atoms with Crippen LogP contribution in [0.3, 0.4) is 0 Å². The molecule has 1 aromatic heterocycles. The Morgan fingerprint density at radius 1 is 1.08 bits per heavy atom. The average Bonchev–Trinajstić information content (AvgIpc) is 2.53. The van der Waals surface area contributed by atoms with Gasteiger partial charge in [0.05, 0.1) is 12.0 Å². The molecule has 24 heavy (non-hydrogen) atoms. The van der Waals surface area contributed by atoms with Gasteiger partial charge < -0.3 is 14.2 Å². The lowest BCUT2D eigenvalue weighted by atomic mass is 10.1. The van der Waals surface area contributed by atoms with E-state index in [9.17, 15) is 13.8 Å². The maximum Gasteiger partial charge on any atom is 0.469 e. The fourth-order valence-corrected chi connectivity index (χ4v) is 2.51. The van der Waals surface area contributed by atoms with Gasteiger partial charge >= 0.3 is 7.82 Å². The van der Waals surface area contributed by atoms with Crippen LogP contribution in [-0.2, 0) is 15.7 Å². The van der Waals surface area contributed by atoms with E-state index in [0.717, 1.165) is 6.07 Å². The Hall–Kier alpha value is -2.31. The summed E-state index contributed by atoms with van der Waals surface area (Å²) in [5.41, 5.74) is 1.05. The highest BCUT2D eigenvalue weighted by atomic mass is 31.2. The van der Waals surface area contributed by atoms with Crippen LogP contribution in [0.5, 0.6) is 0 Å². The predicted octanol–water partition coefficient (Wildman–Crippen LogP) is 3.21. The summed E-state index contributed by atoms with van der Waals surface area (Å²) in [5.74, 6) is -0.210. The summed E-state index contributed by atoms with van der Waals surface area (Å²) in [6, 6.07) is 11.4. The van der Waals surface area contributed by atoms with E-state index in [2.05, 4.69) is 4.52 Å². The van der Waals surface area contributed by atoms with Gasteiger partial charge in [-0.3, -0.25) is 9.32 Å². The number of hydrogen-bond donors (Lipinski definition) is 2. The normalized spacial score (nSPS) is 11.8. The van der Waals surface area contributed by atoms with E-state index in [1.807, 2.05) is 0 Å². The maximum atomic E-state index is 13.2. The van der Waals surface area contributed by atoms with E-state index in [4.69, 9.17) is 14.2 Å². The molecule has 0 unspecified atom stereocenters. The van der Waals surface area contributed by atoms with Crippen molar-refractivity contribution >= 4 is 18.8 Å². The van der Waals surface area contributed by atoms with Gasteiger partial charge in [-0.25, -0.2) is 8.96 Å². The summed E-state index contributed by atoms with van der Waals surface area (Å²) in [4.78, 5) is 29.4. The molecule has 124 valence electrons. The van der Waals surface area contributed by atoms with Gasteiger partial charge in [0.25, 0.3) is 0 Å². The van der Waals surface area contributed by atoms with Crippen LogP contribution in [0.2, 0.25) is 0 Å². The van der Waals surface area contributed by atoms with Crippen molar-refractivity contribution in [1.82, 2.24) is 0 Å². The van der Waals surface area contributed by atoms with Crippen LogP contribution in [0.4, 0.5) is 4.39 Å². The standard InChI is InChI=1S/C16H12FO6P/c17-12-5-6-15-13(7-12)14(18)8-16(23-15)11-3-1-10(2-4-11)9-22-24(19,20)21/h1-8H,9H2,(H2,19,20,21). The van der Waals surface area contributed by atoms with E-state index < -0.39 is 13.6 Å². The van der Waals surface area contributed by atoms with Crippen LogP contribution in [0.25, 0.3) is 22.3 Å². The first kappa shape index (κ1) is 16.5. The molecule has 6 nitrogen and oxygen atoms in total. The summed E-state index contributed by atoms with van der Waals surface area (Å²) < 4.78 is 33.9. The number of benzene rings is 2. The fourth-order valence-electron chi connectivity index (χ4n) is 2.19. The third-order valence-corrected chi connectivity index (χ3v) is 3.79. The van der Waals surface area contributed by atoms with Crippen molar-refractivity contribution in [2.45, 2.75) is 6.61 Å². The van der Waals surface area contributed by atoms with Gasteiger partial charge in [0, 0.05) is 11.6 Å². The second-order valence-corrected chi connectivity index (χ2v) is 6.32. The number of fused-ring (bicyclic) bond motifs is 1. The van der Waals surface area contributed by atoms with Crippen molar-refractivity contribution in [3.05, 3.63) is 70.1 Å². The molecule has 2 aromatic carbocycles. The van der Waals surface area contributed by atoms with E-state index in [1.54, 1.807) is 24.3 Å². The van der Waals surface area contributed by atoms with Gasteiger partial charge in [-0.2, -0.15) is 0 Å². The summed E-state index contributed by atoms with van der Waals surface area (Å²) >= 11 is 0. The molecular formula is C16H12FO6P. The molecule has 0 spiro atoms. The number of halogens is 1. The molecule has 0 atom stereocenters. The number of phosphoric acid groups is 1. The summed E-state index contributed by atoms with van der Waals surface area (Å²) in [7, 11) is -4.53. The molecule has 2 N–H and O–H groups in total. The first-order chi connectivity index (χ1) is 11.3. The molecule has 0 aliphatic rings. The molecular weight excluding hydrogens is 338 g/mol. The van der Waals surface area contributed by atoms with Crippen LogP contribution >= 0.6 is 7.82 Å². The Kier molecular flexibility index (Phi) is 4.34. The number of hydrogen-bond acceptors (Lipinski definition) is 4. The Bertz CT molecular complexity index is 990. The zero-order valence-corrected chi connectivity index (χ0v) is 13.1. The van der Waals surface area contributed by atoms with Crippen molar-refractivity contribution in [2.24, 2.45) is 0 Å². The molecule has 0 aliphatic heterocycles. The molecule has 0 saturated carbocycles. The Labute approximate surface area is 135 Å². The number of phosphoric ester groups is 1. The van der Waals surface area contributed by atoms with Gasteiger partial charge in [-0.15, -0.1) is 0 Å². The van der Waals surface area contributed by atoms with Crippen LogP contribution in [-0.4, -0.2) is 9.79 Å². The highest BCUT2D eigenvalue weighted by Gasteiger charge is 2.14. The minimum Gasteiger partial charge on any atom is -0.456 e. The van der Waals surface area contributed by atoms with Crippen LogP contribution in [0.1, 0.15) is 5.56 Å². The Morgan fingerprint density at radius 3 is 2.46 bits per heavy atom. The third-order valence-electron chi connectivity index (χ3n) is 3.33. The molecule has 3 aromatic rings. The molecule has 8 heteroatoms. The van der Waals surface area contributed by atoms with E-state index in [1.165, 1.54) is 18.2 Å². The minimum atomic E-state index is -4.53. The van der Waals surface area contributed by atoms with Crippen molar-refractivity contribution in [3.63, 3.8) is 0 Å². The first-order valence-electron chi connectivity index (χ1n) is 6.85. The molecule has 0 amide bonds. The Morgan fingerprint density at radius 2 is 1.79 bits per heavy atom. The highest BCUT2D eigenvalue weighted by Crippen LogP contribution is 2.37. The third kappa shape index (κ3) is 3.77. The van der Waals surface area contributed by atoms with E-state index in [0.29, 0.717) is 16.9 Å². The smallest absolute Gasteiger partial charge is 0.456 e. The van der Waals surface area contributed by atoms with Crippen molar-refractivity contribution < 1.29 is 27.7 Å². The summed E-state index contributed by atoms with van der Waals surface area (Å²) in [5, 5.41) is 0.158. The van der Waals surface area contributed by atoms with Gasteiger partial charge in [-0.1, -0.05) is 24.3 Å². The lowest BCUT2D eigenvalue weighted by molar-refractivity contribution is 0.189. The van der Waals surface area contributed by atoms with Crippen LogP contribution in [0, 0.1) is 5.82 Å². The zero-order chi connectivity index (χ0) is 17.3. The molecule has 0 radical (unpaired) electrons. The Balaban J connectivity index is 1.92. The monoisotopic (exact) mass is 350 g/mol. The molecule has 0 aliphatic carbocycles. The summed E-state index contributed by atoms with van der Waals surface area (Å²) in [6.45, 7) is -0.245. The topological polar surface area (TPSA) is 97.0 Å². The number of rotatable bonds is 4. The van der Waals surface area contributed by atoms with Crippen molar-refractivity contribution in [3.8, 4) is 11.3 Å².